The van der Waals surface area contributed by atoms with Crippen LogP contribution in [0.1, 0.15) is 78.7 Å². The first kappa shape index (κ1) is 31.1. The van der Waals surface area contributed by atoms with Gasteiger partial charge in [0, 0.05) is 30.1 Å². The van der Waals surface area contributed by atoms with Crippen molar-refractivity contribution in [2.75, 3.05) is 19.8 Å². The summed E-state index contributed by atoms with van der Waals surface area (Å²) in [5, 5.41) is 6.85. The zero-order valence-corrected chi connectivity index (χ0v) is 24.8. The Labute approximate surface area is 238 Å². The minimum absolute atomic E-state index is 0.223. The molecule has 2 atom stereocenters. The summed E-state index contributed by atoms with van der Waals surface area (Å²) in [7, 11) is 0. The van der Waals surface area contributed by atoms with Crippen LogP contribution in [0.25, 0.3) is 10.9 Å². The van der Waals surface area contributed by atoms with Crippen LogP contribution in [0.2, 0.25) is 0 Å². The highest BCUT2D eigenvalue weighted by Gasteiger charge is 2.26. The van der Waals surface area contributed by atoms with Crippen molar-refractivity contribution in [2.45, 2.75) is 91.2 Å². The molecule has 0 saturated carbocycles. The number of hydrogen-bond donors (Lipinski definition) is 3. The second-order valence-corrected chi connectivity index (χ2v) is 11.3. The normalized spacial score (nSPS) is 16.1. The van der Waals surface area contributed by atoms with Crippen LogP contribution in [-0.2, 0) is 25.4 Å². The number of carbonyl (C=O) groups excluding carboxylic acids is 2. The second-order valence-electron chi connectivity index (χ2n) is 11.3. The van der Waals surface area contributed by atoms with Crippen molar-refractivity contribution in [1.82, 2.24) is 15.6 Å². The molecule has 2 aromatic rings. The Bertz CT molecular complexity index is 1160. The van der Waals surface area contributed by atoms with Gasteiger partial charge in [0.05, 0.1) is 13.2 Å². The van der Waals surface area contributed by atoms with Gasteiger partial charge in [0.1, 0.15) is 11.6 Å². The topological polar surface area (TPSA) is 102 Å². The lowest BCUT2D eigenvalue weighted by Crippen LogP contribution is -2.49. The summed E-state index contributed by atoms with van der Waals surface area (Å²) >= 11 is 0. The van der Waals surface area contributed by atoms with Gasteiger partial charge < -0.3 is 29.8 Å². The number of fused-ring (bicyclic) bond motifs is 1. The number of allylic oxidation sites excluding steroid dienone is 2. The van der Waals surface area contributed by atoms with Gasteiger partial charge in [-0.05, 0) is 76.2 Å². The van der Waals surface area contributed by atoms with Crippen molar-refractivity contribution in [1.29, 1.82) is 0 Å². The Morgan fingerprint density at radius 2 is 1.75 bits per heavy atom. The number of aromatic amines is 1. The van der Waals surface area contributed by atoms with Gasteiger partial charge >= 0.3 is 6.09 Å². The molecule has 0 bridgehead atoms. The number of aromatic nitrogens is 1. The molecule has 8 heteroatoms. The lowest BCUT2D eigenvalue weighted by Gasteiger charge is -2.24. The number of nitrogens with one attached hydrogen (secondary N) is 3. The molecule has 3 N–H and O–H groups in total. The van der Waals surface area contributed by atoms with Gasteiger partial charge in [0.2, 0.25) is 5.91 Å². The number of rotatable bonds is 15. The van der Waals surface area contributed by atoms with E-state index < -0.39 is 17.7 Å². The first-order valence-electron chi connectivity index (χ1n) is 14.7. The van der Waals surface area contributed by atoms with Crippen LogP contribution in [0.15, 0.2) is 54.1 Å². The third-order valence-electron chi connectivity index (χ3n) is 6.67. The standard InChI is InChI=1S/C32H47N3O5/c1-6-8-18-38-28-15-14-23(20-29(28)39-19-9-7-2)16-17-33-30(36)27(35-31(37)40-32(3,4)5)21-24-22-34-26-13-11-10-12-25(24)26/h10-13,15,20,22-23,27,34H,6-9,14,16-19,21H2,1-5H3,(H,33,36)(H,35,37)/t23?,27-/m0/s1. The fourth-order valence-corrected chi connectivity index (χ4v) is 4.51. The molecule has 0 radical (unpaired) electrons. The minimum atomic E-state index is -0.776. The van der Waals surface area contributed by atoms with Gasteiger partial charge in [-0.2, -0.15) is 0 Å². The van der Waals surface area contributed by atoms with Gasteiger partial charge in [-0.25, -0.2) is 4.79 Å². The van der Waals surface area contributed by atoms with E-state index in [1.165, 1.54) is 0 Å². The van der Waals surface area contributed by atoms with Gasteiger partial charge in [-0.1, -0.05) is 44.9 Å². The summed E-state index contributed by atoms with van der Waals surface area (Å²) in [5.74, 6) is 1.61. The van der Waals surface area contributed by atoms with Gasteiger partial charge in [-0.3, -0.25) is 4.79 Å². The maximum Gasteiger partial charge on any atom is 0.408 e. The Hall–Kier alpha value is -3.42. The van der Waals surface area contributed by atoms with E-state index in [2.05, 4.69) is 41.6 Å². The molecule has 0 aliphatic heterocycles. The molecular formula is C32H47N3O5. The Morgan fingerprint density at radius 1 is 1.05 bits per heavy atom. The highest BCUT2D eigenvalue weighted by Crippen LogP contribution is 2.27. The number of hydrogen-bond acceptors (Lipinski definition) is 5. The molecule has 1 aromatic carbocycles. The third kappa shape index (κ3) is 9.96. The van der Waals surface area contributed by atoms with E-state index in [4.69, 9.17) is 14.2 Å². The molecule has 0 saturated heterocycles. The summed E-state index contributed by atoms with van der Waals surface area (Å²) in [5.41, 5.74) is 1.28. The summed E-state index contributed by atoms with van der Waals surface area (Å²) in [6.07, 6.45) is 11.6. The predicted molar refractivity (Wildman–Crippen MR) is 159 cm³/mol. The minimum Gasteiger partial charge on any atom is -0.490 e. The molecule has 0 fully saturated rings. The molecule has 40 heavy (non-hydrogen) atoms. The molecule has 2 amide bonds. The molecular weight excluding hydrogens is 506 g/mol. The average Bonchev–Trinajstić information content (AvgIpc) is 3.31. The molecule has 8 nitrogen and oxygen atoms in total. The van der Waals surface area contributed by atoms with Gasteiger partial charge in [0.25, 0.3) is 0 Å². The van der Waals surface area contributed by atoms with E-state index in [1.54, 1.807) is 20.8 Å². The lowest BCUT2D eigenvalue weighted by molar-refractivity contribution is -0.123. The van der Waals surface area contributed by atoms with Crippen LogP contribution in [0, 0.1) is 5.92 Å². The largest absolute Gasteiger partial charge is 0.490 e. The van der Waals surface area contributed by atoms with Crippen LogP contribution in [0.4, 0.5) is 4.79 Å². The molecule has 1 aromatic heterocycles. The molecule has 3 rings (SSSR count). The SMILES string of the molecule is CCCCOC1=CCC(CCNC(=O)[C@H](Cc2c[nH]c3ccccc23)NC(=O)OC(C)(C)C)C=C1OCCCC. The summed E-state index contributed by atoms with van der Waals surface area (Å²) in [6, 6.07) is 7.14. The molecule has 0 spiro atoms. The number of unbranched alkanes of at least 4 members (excludes halogenated alkanes) is 2. The number of benzene rings is 1. The quantitative estimate of drug-likeness (QED) is 0.218. The zero-order valence-electron chi connectivity index (χ0n) is 24.8. The smallest absolute Gasteiger partial charge is 0.408 e. The van der Waals surface area contributed by atoms with Crippen molar-refractivity contribution >= 4 is 22.9 Å². The average molecular weight is 554 g/mol. The van der Waals surface area contributed by atoms with Crippen molar-refractivity contribution in [3.63, 3.8) is 0 Å². The zero-order chi connectivity index (χ0) is 29.0. The monoisotopic (exact) mass is 553 g/mol. The van der Waals surface area contributed by atoms with Crippen molar-refractivity contribution in [2.24, 2.45) is 5.92 Å². The van der Waals surface area contributed by atoms with E-state index in [9.17, 15) is 9.59 Å². The van der Waals surface area contributed by atoms with Crippen LogP contribution in [0.3, 0.4) is 0 Å². The van der Waals surface area contributed by atoms with Crippen LogP contribution in [-0.4, -0.2) is 48.4 Å². The first-order valence-corrected chi connectivity index (χ1v) is 14.7. The van der Waals surface area contributed by atoms with Crippen molar-refractivity contribution in [3.8, 4) is 0 Å². The number of ether oxygens (including phenoxy) is 3. The third-order valence-corrected chi connectivity index (χ3v) is 6.67. The van der Waals surface area contributed by atoms with E-state index in [1.807, 2.05) is 30.5 Å². The Kier molecular flexibility index (Phi) is 12.0. The lowest BCUT2D eigenvalue weighted by atomic mass is 9.95. The fourth-order valence-electron chi connectivity index (χ4n) is 4.51. The Balaban J connectivity index is 1.62. The molecule has 1 aliphatic rings. The van der Waals surface area contributed by atoms with Gasteiger partial charge in [-0.15, -0.1) is 0 Å². The van der Waals surface area contributed by atoms with E-state index in [0.29, 0.717) is 26.2 Å². The maximum atomic E-state index is 13.3. The maximum absolute atomic E-state index is 13.3. The van der Waals surface area contributed by atoms with Crippen LogP contribution in [0.5, 0.6) is 0 Å². The summed E-state index contributed by atoms with van der Waals surface area (Å²) < 4.78 is 17.5. The van der Waals surface area contributed by atoms with Gasteiger partial charge in [0.15, 0.2) is 11.5 Å². The summed E-state index contributed by atoms with van der Waals surface area (Å²) in [6.45, 7) is 11.5. The fraction of sp³-hybridized carbons (Fsp3) is 0.562. The van der Waals surface area contributed by atoms with Crippen molar-refractivity contribution < 1.29 is 23.8 Å². The number of H-pyrrole nitrogens is 1. The number of carbonyl (C=O) groups is 2. The van der Waals surface area contributed by atoms with Crippen LogP contribution >= 0.6 is 0 Å². The number of para-hydroxylation sites is 1. The van der Waals surface area contributed by atoms with E-state index in [-0.39, 0.29) is 11.8 Å². The second kappa shape index (κ2) is 15.4. The molecule has 1 unspecified atom stereocenters. The van der Waals surface area contributed by atoms with Crippen molar-refractivity contribution in [3.05, 3.63) is 59.7 Å². The highest BCUT2D eigenvalue weighted by atomic mass is 16.6. The molecule has 1 heterocycles. The molecule has 1 aliphatic carbocycles. The predicted octanol–water partition coefficient (Wildman–Crippen LogP) is 6.53. The van der Waals surface area contributed by atoms with Crippen LogP contribution < -0.4 is 10.6 Å². The number of amides is 2. The Morgan fingerprint density at radius 3 is 2.45 bits per heavy atom. The van der Waals surface area contributed by atoms with E-state index in [0.717, 1.165) is 66.5 Å². The first-order chi connectivity index (χ1) is 19.2. The molecule has 220 valence electrons. The number of alkyl carbamates (subject to hydrolysis) is 1. The highest BCUT2D eigenvalue weighted by molar-refractivity contribution is 5.88. The summed E-state index contributed by atoms with van der Waals surface area (Å²) in [4.78, 5) is 29.2. The van der Waals surface area contributed by atoms with E-state index >= 15 is 0 Å².